The topological polar surface area (TPSA) is 171 Å². The Bertz CT molecular complexity index is 390. The standard InChI is InChI=1S/C6H10O10S/c7-1-2(8)4(16-17(12,13)14)6(11)15-3(1)5(9)10/h1-4,6-8,11H,(H,9,10)(H,12,13,14)/t1-,2+,3-,4-,6-/m1/s1. The molecule has 0 saturated carbocycles. The molecule has 0 radical (unpaired) electrons. The van der Waals surface area contributed by atoms with E-state index in [1.165, 1.54) is 0 Å². The van der Waals surface area contributed by atoms with E-state index in [1.807, 2.05) is 0 Å². The van der Waals surface area contributed by atoms with Crippen LogP contribution in [0.2, 0.25) is 0 Å². The zero-order valence-corrected chi connectivity index (χ0v) is 8.89. The van der Waals surface area contributed by atoms with Crippen molar-refractivity contribution in [3.8, 4) is 0 Å². The minimum atomic E-state index is -5.01. The Morgan fingerprint density at radius 3 is 2.12 bits per heavy atom. The number of aliphatic hydroxyl groups is 3. The summed E-state index contributed by atoms with van der Waals surface area (Å²) in [7, 11) is -5.01. The molecule has 0 bridgehead atoms. The number of carboxylic acid groups (broad SMARTS) is 1. The van der Waals surface area contributed by atoms with Crippen LogP contribution in [0.5, 0.6) is 0 Å². The predicted molar refractivity (Wildman–Crippen MR) is 47.0 cm³/mol. The first-order valence-corrected chi connectivity index (χ1v) is 5.58. The highest BCUT2D eigenvalue weighted by atomic mass is 32.3. The number of hydrogen-bond donors (Lipinski definition) is 5. The van der Waals surface area contributed by atoms with Crippen LogP contribution in [-0.2, 0) is 24.1 Å². The maximum Gasteiger partial charge on any atom is 0.397 e. The quantitative estimate of drug-likeness (QED) is 0.328. The lowest BCUT2D eigenvalue weighted by atomic mass is 9.99. The Morgan fingerprint density at radius 1 is 1.18 bits per heavy atom. The molecule has 1 fully saturated rings. The number of hydrogen-bond acceptors (Lipinski definition) is 8. The first-order valence-electron chi connectivity index (χ1n) is 4.21. The van der Waals surface area contributed by atoms with Crippen molar-refractivity contribution in [2.45, 2.75) is 30.7 Å². The van der Waals surface area contributed by atoms with Gasteiger partial charge in [0.1, 0.15) is 12.2 Å². The first-order chi connectivity index (χ1) is 7.63. The molecular weight excluding hydrogens is 264 g/mol. The molecule has 0 aromatic carbocycles. The highest BCUT2D eigenvalue weighted by Gasteiger charge is 2.49. The van der Waals surface area contributed by atoms with E-state index >= 15 is 0 Å². The smallest absolute Gasteiger partial charge is 0.397 e. The van der Waals surface area contributed by atoms with E-state index in [-0.39, 0.29) is 0 Å². The summed E-state index contributed by atoms with van der Waals surface area (Å²) < 4.78 is 37.3. The maximum absolute atomic E-state index is 10.5. The molecule has 0 amide bonds. The van der Waals surface area contributed by atoms with Gasteiger partial charge in [-0.2, -0.15) is 8.42 Å². The number of aliphatic carboxylic acids is 1. The summed E-state index contributed by atoms with van der Waals surface area (Å²) in [6, 6.07) is 0. The van der Waals surface area contributed by atoms with E-state index in [2.05, 4.69) is 8.92 Å². The molecule has 1 rings (SSSR count). The Morgan fingerprint density at radius 2 is 1.71 bits per heavy atom. The largest absolute Gasteiger partial charge is 0.479 e. The molecule has 5 atom stereocenters. The molecule has 5 N–H and O–H groups in total. The number of aliphatic hydroxyl groups excluding tert-OH is 3. The highest BCUT2D eigenvalue weighted by molar-refractivity contribution is 7.80. The van der Waals surface area contributed by atoms with Crippen LogP contribution >= 0.6 is 0 Å². The van der Waals surface area contributed by atoms with Crippen LogP contribution in [-0.4, -0.2) is 70.1 Å². The maximum atomic E-state index is 10.5. The molecule has 0 unspecified atom stereocenters. The summed E-state index contributed by atoms with van der Waals surface area (Å²) >= 11 is 0. The average Bonchev–Trinajstić information content (AvgIpc) is 2.16. The van der Waals surface area contributed by atoms with Gasteiger partial charge in [-0.15, -0.1) is 0 Å². The SMILES string of the molecule is O=C(O)[C@@H]1O[C@@H](O)[C@H](OS(=O)(=O)O)[C@@H](O)[C@H]1O. The van der Waals surface area contributed by atoms with Crippen molar-refractivity contribution in [2.24, 2.45) is 0 Å². The summed E-state index contributed by atoms with van der Waals surface area (Å²) in [4.78, 5) is 10.5. The zero-order chi connectivity index (χ0) is 13.4. The van der Waals surface area contributed by atoms with E-state index in [0.29, 0.717) is 0 Å². The second-order valence-corrected chi connectivity index (χ2v) is 4.30. The molecule has 0 aromatic rings. The lowest BCUT2D eigenvalue weighted by molar-refractivity contribution is -0.274. The summed E-state index contributed by atoms with van der Waals surface area (Å²) in [6.45, 7) is 0. The summed E-state index contributed by atoms with van der Waals surface area (Å²) in [6.07, 6.45) is -10.2. The number of carbonyl (C=O) groups is 1. The van der Waals surface area contributed by atoms with Crippen LogP contribution in [0.3, 0.4) is 0 Å². The Kier molecular flexibility index (Phi) is 4.03. The van der Waals surface area contributed by atoms with E-state index in [1.54, 1.807) is 0 Å². The van der Waals surface area contributed by atoms with Crippen molar-refractivity contribution < 1.29 is 47.1 Å². The Balaban J connectivity index is 2.87. The summed E-state index contributed by atoms with van der Waals surface area (Å²) in [5.74, 6) is -1.67. The van der Waals surface area contributed by atoms with Crippen molar-refractivity contribution in [2.75, 3.05) is 0 Å². The van der Waals surface area contributed by atoms with E-state index in [9.17, 15) is 28.5 Å². The molecule has 1 aliphatic rings. The zero-order valence-electron chi connectivity index (χ0n) is 8.07. The minimum absolute atomic E-state index is 1.67. The molecule has 0 aromatic heterocycles. The fraction of sp³-hybridized carbons (Fsp3) is 0.833. The molecule has 1 heterocycles. The van der Waals surface area contributed by atoms with Gasteiger partial charge in [-0.1, -0.05) is 0 Å². The third kappa shape index (κ3) is 3.32. The molecule has 0 spiro atoms. The monoisotopic (exact) mass is 274 g/mol. The molecule has 10 nitrogen and oxygen atoms in total. The third-order valence-corrected chi connectivity index (χ3v) is 2.51. The Labute approximate surface area is 95.0 Å². The predicted octanol–water partition coefficient (Wildman–Crippen LogP) is -3.30. The number of carboxylic acids is 1. The molecule has 1 saturated heterocycles. The second-order valence-electron chi connectivity index (χ2n) is 3.26. The minimum Gasteiger partial charge on any atom is -0.479 e. The van der Waals surface area contributed by atoms with Crippen molar-refractivity contribution in [1.29, 1.82) is 0 Å². The van der Waals surface area contributed by atoms with Gasteiger partial charge in [-0.25, -0.2) is 8.98 Å². The number of rotatable bonds is 3. The highest BCUT2D eigenvalue weighted by Crippen LogP contribution is 2.23. The Hall–Kier alpha value is -0.820. The first kappa shape index (κ1) is 14.2. The van der Waals surface area contributed by atoms with Gasteiger partial charge in [-0.3, -0.25) is 4.55 Å². The van der Waals surface area contributed by atoms with Crippen LogP contribution in [0.1, 0.15) is 0 Å². The van der Waals surface area contributed by atoms with Crippen LogP contribution < -0.4 is 0 Å². The van der Waals surface area contributed by atoms with Gasteiger partial charge in [0.05, 0.1) is 0 Å². The van der Waals surface area contributed by atoms with Crippen molar-refractivity contribution in [1.82, 2.24) is 0 Å². The van der Waals surface area contributed by atoms with Crippen LogP contribution in [0.25, 0.3) is 0 Å². The van der Waals surface area contributed by atoms with Gasteiger partial charge in [-0.05, 0) is 0 Å². The van der Waals surface area contributed by atoms with Crippen molar-refractivity contribution >= 4 is 16.4 Å². The second kappa shape index (κ2) is 4.81. The fourth-order valence-corrected chi connectivity index (χ4v) is 1.79. The van der Waals surface area contributed by atoms with E-state index in [4.69, 9.17) is 9.66 Å². The lowest BCUT2D eigenvalue weighted by Gasteiger charge is -2.37. The number of ether oxygens (including phenoxy) is 1. The molecule has 0 aliphatic carbocycles. The molecule has 100 valence electrons. The molecule has 11 heteroatoms. The van der Waals surface area contributed by atoms with Crippen molar-refractivity contribution in [3.63, 3.8) is 0 Å². The van der Waals surface area contributed by atoms with E-state index < -0.39 is 47.1 Å². The summed E-state index contributed by atoms with van der Waals surface area (Å²) in [5, 5.41) is 36.3. The van der Waals surface area contributed by atoms with E-state index in [0.717, 1.165) is 0 Å². The van der Waals surface area contributed by atoms with Gasteiger partial charge in [0.15, 0.2) is 18.5 Å². The van der Waals surface area contributed by atoms with Gasteiger partial charge in [0.25, 0.3) is 0 Å². The summed E-state index contributed by atoms with van der Waals surface area (Å²) in [5.41, 5.74) is 0. The van der Waals surface area contributed by atoms with Gasteiger partial charge in [0.2, 0.25) is 0 Å². The lowest BCUT2D eigenvalue weighted by Crippen LogP contribution is -2.60. The average molecular weight is 274 g/mol. The van der Waals surface area contributed by atoms with Crippen LogP contribution in [0.4, 0.5) is 0 Å². The third-order valence-electron chi connectivity index (χ3n) is 2.04. The normalized spacial score (nSPS) is 38.9. The van der Waals surface area contributed by atoms with Gasteiger partial charge < -0.3 is 25.2 Å². The van der Waals surface area contributed by atoms with Crippen LogP contribution in [0, 0.1) is 0 Å². The van der Waals surface area contributed by atoms with Crippen LogP contribution in [0.15, 0.2) is 0 Å². The van der Waals surface area contributed by atoms with Gasteiger partial charge in [0, 0.05) is 0 Å². The molecular formula is C6H10O10S. The van der Waals surface area contributed by atoms with Crippen molar-refractivity contribution in [3.05, 3.63) is 0 Å². The molecule has 17 heavy (non-hydrogen) atoms. The molecule has 1 aliphatic heterocycles. The van der Waals surface area contributed by atoms with Gasteiger partial charge >= 0.3 is 16.4 Å². The fourth-order valence-electron chi connectivity index (χ4n) is 1.30.